The number of hydrogen-bond acceptors (Lipinski definition) is 3. The highest BCUT2D eigenvalue weighted by Crippen LogP contribution is 2.31. The molecular weight excluding hydrogens is 214 g/mol. The molecule has 17 heavy (non-hydrogen) atoms. The molecule has 1 aliphatic rings. The van der Waals surface area contributed by atoms with Gasteiger partial charge in [-0.25, -0.2) is 4.98 Å². The molecule has 1 aliphatic carbocycles. The number of nitrogens with zero attached hydrogens (tertiary/aromatic N) is 2. The van der Waals surface area contributed by atoms with E-state index in [1.54, 1.807) is 6.20 Å². The molecular formula is C13H23N3O. The third-order valence-corrected chi connectivity index (χ3v) is 3.89. The van der Waals surface area contributed by atoms with Crippen molar-refractivity contribution in [1.29, 1.82) is 0 Å². The van der Waals surface area contributed by atoms with E-state index in [0.717, 1.165) is 11.6 Å². The maximum absolute atomic E-state index is 9.16. The molecule has 3 atom stereocenters. The van der Waals surface area contributed by atoms with Crippen LogP contribution in [0.4, 0.5) is 0 Å². The highest BCUT2D eigenvalue weighted by molar-refractivity contribution is 5.06. The minimum atomic E-state index is -0.307. The van der Waals surface area contributed by atoms with Crippen LogP contribution in [0.25, 0.3) is 0 Å². The van der Waals surface area contributed by atoms with Gasteiger partial charge in [0.05, 0.1) is 24.7 Å². The number of aliphatic hydroxyl groups is 1. The summed E-state index contributed by atoms with van der Waals surface area (Å²) in [5.74, 6) is 0.832. The fourth-order valence-corrected chi connectivity index (χ4v) is 2.75. The Balaban J connectivity index is 2.13. The third-order valence-electron chi connectivity index (χ3n) is 3.89. The average Bonchev–Trinajstić information content (AvgIpc) is 2.72. The average molecular weight is 237 g/mol. The van der Waals surface area contributed by atoms with E-state index >= 15 is 0 Å². The molecule has 0 aliphatic heterocycles. The maximum Gasteiger partial charge on any atom is 0.0951 e. The molecule has 3 N–H and O–H groups in total. The first-order valence-electron chi connectivity index (χ1n) is 6.60. The van der Waals surface area contributed by atoms with Gasteiger partial charge in [0.2, 0.25) is 0 Å². The summed E-state index contributed by atoms with van der Waals surface area (Å²) in [4.78, 5) is 4.19. The number of aromatic nitrogens is 2. The van der Waals surface area contributed by atoms with E-state index in [1.165, 1.54) is 32.1 Å². The second-order valence-corrected chi connectivity index (χ2v) is 5.28. The predicted octanol–water partition coefficient (Wildman–Crippen LogP) is 2.02. The normalized spacial score (nSPS) is 27.7. The van der Waals surface area contributed by atoms with Gasteiger partial charge in [0.1, 0.15) is 0 Å². The lowest BCUT2D eigenvalue weighted by molar-refractivity contribution is 0.259. The Morgan fingerprint density at radius 2 is 2.29 bits per heavy atom. The van der Waals surface area contributed by atoms with Crippen molar-refractivity contribution in [1.82, 2.24) is 9.55 Å². The van der Waals surface area contributed by atoms with Crippen LogP contribution in [0.5, 0.6) is 0 Å². The minimum absolute atomic E-state index is 0.0190. The first-order valence-corrected chi connectivity index (χ1v) is 6.60. The van der Waals surface area contributed by atoms with Gasteiger partial charge in [-0.3, -0.25) is 0 Å². The summed E-state index contributed by atoms with van der Waals surface area (Å²) < 4.78 is 2.18. The first kappa shape index (κ1) is 12.6. The van der Waals surface area contributed by atoms with Gasteiger partial charge in [0.25, 0.3) is 0 Å². The number of imidazole rings is 1. The number of nitrogens with two attached hydrogens (primary N) is 1. The Kier molecular flexibility index (Phi) is 4.18. The molecule has 1 fully saturated rings. The van der Waals surface area contributed by atoms with Crippen molar-refractivity contribution in [3.8, 4) is 0 Å². The zero-order chi connectivity index (χ0) is 12.3. The van der Waals surface area contributed by atoms with Gasteiger partial charge in [-0.15, -0.1) is 0 Å². The molecule has 0 aromatic carbocycles. The molecule has 96 valence electrons. The smallest absolute Gasteiger partial charge is 0.0951 e. The Hall–Kier alpha value is -0.870. The van der Waals surface area contributed by atoms with Gasteiger partial charge < -0.3 is 15.4 Å². The van der Waals surface area contributed by atoms with Crippen LogP contribution in [-0.2, 0) is 0 Å². The molecule has 0 saturated heterocycles. The molecule has 4 nitrogen and oxygen atoms in total. The molecule has 4 heteroatoms. The number of rotatable bonds is 3. The molecule has 2 rings (SSSR count). The summed E-state index contributed by atoms with van der Waals surface area (Å²) in [6.07, 6.45) is 9.93. The Bertz CT molecular complexity index is 350. The largest absolute Gasteiger partial charge is 0.394 e. The van der Waals surface area contributed by atoms with Crippen molar-refractivity contribution in [3.63, 3.8) is 0 Å². The maximum atomic E-state index is 9.16. The third kappa shape index (κ3) is 2.87. The first-order chi connectivity index (χ1) is 8.22. The van der Waals surface area contributed by atoms with E-state index < -0.39 is 0 Å². The lowest BCUT2D eigenvalue weighted by Gasteiger charge is -2.21. The number of hydrogen-bond donors (Lipinski definition) is 2. The van der Waals surface area contributed by atoms with Crippen molar-refractivity contribution in [2.45, 2.75) is 51.1 Å². The van der Waals surface area contributed by atoms with Crippen LogP contribution in [0.2, 0.25) is 0 Å². The van der Waals surface area contributed by atoms with Crippen molar-refractivity contribution in [2.24, 2.45) is 11.7 Å². The highest BCUT2D eigenvalue weighted by Gasteiger charge is 2.21. The topological polar surface area (TPSA) is 64.1 Å². The van der Waals surface area contributed by atoms with Crippen LogP contribution in [0.3, 0.4) is 0 Å². The zero-order valence-electron chi connectivity index (χ0n) is 10.5. The Labute approximate surface area is 103 Å². The lowest BCUT2D eigenvalue weighted by Crippen LogP contribution is -2.21. The molecule has 1 aromatic heterocycles. The second kappa shape index (κ2) is 5.65. The summed E-state index contributed by atoms with van der Waals surface area (Å²) in [7, 11) is 0. The molecule has 1 heterocycles. The van der Waals surface area contributed by atoms with Gasteiger partial charge in [0.15, 0.2) is 0 Å². The van der Waals surface area contributed by atoms with Gasteiger partial charge in [-0.2, -0.15) is 0 Å². The highest BCUT2D eigenvalue weighted by atomic mass is 16.3. The van der Waals surface area contributed by atoms with Gasteiger partial charge in [0, 0.05) is 12.2 Å². The standard InChI is InChI=1S/C13H23N3O/c1-10-3-2-4-11(6-5-10)16-9-15-7-13(16)12(14)8-17/h7,9-12,17H,2-6,8,14H2,1H3. The van der Waals surface area contributed by atoms with Crippen LogP contribution in [0.1, 0.15) is 56.8 Å². The van der Waals surface area contributed by atoms with Gasteiger partial charge >= 0.3 is 0 Å². The fourth-order valence-electron chi connectivity index (χ4n) is 2.75. The SMILES string of the molecule is CC1CCCC(n2cncc2C(N)CO)CC1. The molecule has 0 amide bonds. The fraction of sp³-hybridized carbons (Fsp3) is 0.769. The summed E-state index contributed by atoms with van der Waals surface area (Å²) in [5.41, 5.74) is 6.87. The molecule has 0 radical (unpaired) electrons. The van der Waals surface area contributed by atoms with E-state index in [1.807, 2.05) is 6.33 Å². The number of aliphatic hydroxyl groups excluding tert-OH is 1. The summed E-state index contributed by atoms with van der Waals surface area (Å²) in [6, 6.07) is 0.202. The second-order valence-electron chi connectivity index (χ2n) is 5.28. The van der Waals surface area contributed by atoms with Gasteiger partial charge in [-0.05, 0) is 25.2 Å². The Morgan fingerprint density at radius 1 is 1.47 bits per heavy atom. The summed E-state index contributed by atoms with van der Waals surface area (Å²) >= 11 is 0. The van der Waals surface area contributed by atoms with Crippen molar-refractivity contribution in [3.05, 3.63) is 18.2 Å². The van der Waals surface area contributed by atoms with Crippen LogP contribution in [-0.4, -0.2) is 21.3 Å². The zero-order valence-corrected chi connectivity index (χ0v) is 10.5. The van der Waals surface area contributed by atoms with Crippen molar-refractivity contribution >= 4 is 0 Å². The predicted molar refractivity (Wildman–Crippen MR) is 67.5 cm³/mol. The van der Waals surface area contributed by atoms with E-state index in [-0.39, 0.29) is 12.6 Å². The molecule has 0 spiro atoms. The monoisotopic (exact) mass is 237 g/mol. The minimum Gasteiger partial charge on any atom is -0.394 e. The van der Waals surface area contributed by atoms with Crippen LogP contribution in [0, 0.1) is 5.92 Å². The van der Waals surface area contributed by atoms with E-state index in [2.05, 4.69) is 16.5 Å². The Morgan fingerprint density at radius 3 is 3.06 bits per heavy atom. The van der Waals surface area contributed by atoms with Crippen molar-refractivity contribution < 1.29 is 5.11 Å². The van der Waals surface area contributed by atoms with Gasteiger partial charge in [-0.1, -0.05) is 19.8 Å². The molecule has 1 aromatic rings. The van der Waals surface area contributed by atoms with Crippen LogP contribution < -0.4 is 5.73 Å². The molecule has 3 unspecified atom stereocenters. The van der Waals surface area contributed by atoms with Crippen molar-refractivity contribution in [2.75, 3.05) is 6.61 Å². The van der Waals surface area contributed by atoms with Crippen LogP contribution in [0.15, 0.2) is 12.5 Å². The lowest BCUT2D eigenvalue weighted by atomic mass is 10.0. The summed E-state index contributed by atoms with van der Waals surface area (Å²) in [6.45, 7) is 2.31. The van der Waals surface area contributed by atoms with Crippen LogP contribution >= 0.6 is 0 Å². The summed E-state index contributed by atoms with van der Waals surface area (Å²) in [5, 5.41) is 9.16. The quantitative estimate of drug-likeness (QED) is 0.790. The molecule has 1 saturated carbocycles. The van der Waals surface area contributed by atoms with E-state index in [4.69, 9.17) is 10.8 Å². The molecule has 0 bridgehead atoms. The van der Waals surface area contributed by atoms with E-state index in [0.29, 0.717) is 6.04 Å². The van der Waals surface area contributed by atoms with E-state index in [9.17, 15) is 0 Å².